The molecule has 0 heterocycles. The van der Waals surface area contributed by atoms with Crippen LogP contribution in [0.5, 0.6) is 0 Å². The molecule has 0 bridgehead atoms. The summed E-state index contributed by atoms with van der Waals surface area (Å²) in [6.45, 7) is 1.87. The van der Waals surface area contributed by atoms with Crippen LogP contribution in [0.3, 0.4) is 0 Å². The lowest BCUT2D eigenvalue weighted by Crippen LogP contribution is -2.03. The van der Waals surface area contributed by atoms with Gasteiger partial charge in [0.25, 0.3) is 5.69 Å². The van der Waals surface area contributed by atoms with E-state index in [4.69, 9.17) is 5.11 Å². The fourth-order valence-corrected chi connectivity index (χ4v) is 2.78. The highest BCUT2D eigenvalue weighted by Crippen LogP contribution is 2.36. The minimum Gasteiger partial charge on any atom is -0.478 e. The van der Waals surface area contributed by atoms with Crippen molar-refractivity contribution in [1.29, 1.82) is 0 Å². The maximum Gasteiger partial charge on any atom is 0.338 e. The largest absolute Gasteiger partial charge is 0.478 e. The summed E-state index contributed by atoms with van der Waals surface area (Å²) in [7, 11) is 0. The topological polar surface area (TPSA) is 80.4 Å². The van der Waals surface area contributed by atoms with E-state index >= 15 is 0 Å². The molecule has 7 heteroatoms. The molecule has 0 amide bonds. The molecule has 0 unspecified atom stereocenters. The number of rotatable bonds is 4. The van der Waals surface area contributed by atoms with Gasteiger partial charge in [-0.15, -0.1) is 0 Å². The minimum atomic E-state index is -1.54. The van der Waals surface area contributed by atoms with Crippen LogP contribution in [0.25, 0.3) is 0 Å². The van der Waals surface area contributed by atoms with Gasteiger partial charge in [-0.25, -0.2) is 9.18 Å². The van der Waals surface area contributed by atoms with E-state index in [9.17, 15) is 19.3 Å². The van der Waals surface area contributed by atoms with Gasteiger partial charge in [0.2, 0.25) is 0 Å². The molecule has 108 valence electrons. The van der Waals surface area contributed by atoms with Crippen LogP contribution in [0.4, 0.5) is 10.1 Å². The summed E-state index contributed by atoms with van der Waals surface area (Å²) in [6.07, 6.45) is 0. The van der Waals surface area contributed by atoms with Gasteiger partial charge in [-0.2, -0.15) is 0 Å². The number of aryl methyl sites for hydroxylation is 1. The van der Waals surface area contributed by atoms with E-state index in [2.05, 4.69) is 0 Å². The standard InChI is InChI=1S/C14H10FNO4S/c1-8-3-2-4-9(5-8)21-13-7-11(15)10(14(17)18)6-12(13)16(19)20/h2-7H,1H3,(H,17,18). The van der Waals surface area contributed by atoms with Crippen molar-refractivity contribution in [3.05, 3.63) is 63.5 Å². The summed E-state index contributed by atoms with van der Waals surface area (Å²) >= 11 is 1.02. The second-order valence-electron chi connectivity index (χ2n) is 4.28. The highest BCUT2D eigenvalue weighted by Gasteiger charge is 2.22. The molecule has 0 aromatic heterocycles. The lowest BCUT2D eigenvalue weighted by molar-refractivity contribution is -0.387. The molecule has 2 rings (SSSR count). The molecule has 0 aliphatic carbocycles. The number of aromatic carboxylic acids is 1. The maximum absolute atomic E-state index is 13.7. The molecule has 0 atom stereocenters. The molecule has 5 nitrogen and oxygen atoms in total. The van der Waals surface area contributed by atoms with Crippen molar-refractivity contribution in [3.63, 3.8) is 0 Å². The lowest BCUT2D eigenvalue weighted by atomic mass is 10.2. The SMILES string of the molecule is Cc1cccc(Sc2cc(F)c(C(=O)O)cc2[N+](=O)[O-])c1. The van der Waals surface area contributed by atoms with Crippen molar-refractivity contribution in [2.75, 3.05) is 0 Å². The Kier molecular flexibility index (Phi) is 4.23. The van der Waals surface area contributed by atoms with E-state index < -0.39 is 28.0 Å². The second kappa shape index (κ2) is 5.92. The van der Waals surface area contributed by atoms with E-state index in [1.54, 1.807) is 18.2 Å². The third-order valence-electron chi connectivity index (χ3n) is 2.69. The highest BCUT2D eigenvalue weighted by atomic mass is 32.2. The van der Waals surface area contributed by atoms with E-state index in [-0.39, 0.29) is 4.90 Å². The van der Waals surface area contributed by atoms with Gasteiger partial charge in [0.05, 0.1) is 9.82 Å². The molecule has 0 spiro atoms. The van der Waals surface area contributed by atoms with Crippen LogP contribution in [0.15, 0.2) is 46.2 Å². The Hall–Kier alpha value is -2.41. The molecule has 0 radical (unpaired) electrons. The summed E-state index contributed by atoms with van der Waals surface area (Å²) in [4.78, 5) is 21.9. The zero-order valence-electron chi connectivity index (χ0n) is 10.9. The Morgan fingerprint density at radius 2 is 2.05 bits per heavy atom. The fourth-order valence-electron chi connectivity index (χ4n) is 1.74. The number of hydrogen-bond acceptors (Lipinski definition) is 4. The van der Waals surface area contributed by atoms with Crippen LogP contribution in [0.2, 0.25) is 0 Å². The number of hydrogen-bond donors (Lipinski definition) is 1. The first-order chi connectivity index (χ1) is 9.88. The van der Waals surface area contributed by atoms with Gasteiger partial charge in [-0.1, -0.05) is 29.5 Å². The molecule has 21 heavy (non-hydrogen) atoms. The smallest absolute Gasteiger partial charge is 0.338 e. The number of nitrogens with zero attached hydrogens (tertiary/aromatic N) is 1. The summed E-state index contributed by atoms with van der Waals surface area (Å²) in [6, 6.07) is 8.82. The number of carbonyl (C=O) groups is 1. The third kappa shape index (κ3) is 3.38. The predicted molar refractivity (Wildman–Crippen MR) is 75.3 cm³/mol. The number of carboxylic acid groups (broad SMARTS) is 1. The van der Waals surface area contributed by atoms with Crippen LogP contribution in [-0.4, -0.2) is 16.0 Å². The zero-order valence-corrected chi connectivity index (χ0v) is 11.7. The van der Waals surface area contributed by atoms with Crippen LogP contribution < -0.4 is 0 Å². The summed E-state index contributed by atoms with van der Waals surface area (Å²) in [5.74, 6) is -2.54. The van der Waals surface area contributed by atoms with Crippen molar-refractivity contribution in [2.24, 2.45) is 0 Å². The molecular formula is C14H10FNO4S. The molecule has 0 aliphatic rings. The molecule has 0 saturated carbocycles. The normalized spacial score (nSPS) is 10.4. The molecule has 0 saturated heterocycles. The molecule has 1 N–H and O–H groups in total. The summed E-state index contributed by atoms with van der Waals surface area (Å²) in [5, 5.41) is 19.9. The Labute approximate surface area is 123 Å². The molecule has 2 aromatic carbocycles. The van der Waals surface area contributed by atoms with Gasteiger partial charge in [-0.3, -0.25) is 10.1 Å². The van der Waals surface area contributed by atoms with Gasteiger partial charge < -0.3 is 5.11 Å². The first kappa shape index (κ1) is 15.0. The Morgan fingerprint density at radius 3 is 2.62 bits per heavy atom. The highest BCUT2D eigenvalue weighted by molar-refractivity contribution is 7.99. The Morgan fingerprint density at radius 1 is 1.33 bits per heavy atom. The van der Waals surface area contributed by atoms with Crippen LogP contribution in [0, 0.1) is 22.9 Å². The molecular weight excluding hydrogens is 297 g/mol. The third-order valence-corrected chi connectivity index (χ3v) is 3.73. The van der Waals surface area contributed by atoms with Crippen molar-refractivity contribution in [3.8, 4) is 0 Å². The quantitative estimate of drug-likeness (QED) is 0.684. The van der Waals surface area contributed by atoms with E-state index in [0.717, 1.165) is 29.5 Å². The Bertz CT molecular complexity index is 733. The van der Waals surface area contributed by atoms with Crippen molar-refractivity contribution in [1.82, 2.24) is 0 Å². The molecule has 0 fully saturated rings. The lowest BCUT2D eigenvalue weighted by Gasteiger charge is -2.06. The van der Waals surface area contributed by atoms with E-state index in [1.807, 2.05) is 13.0 Å². The van der Waals surface area contributed by atoms with Gasteiger partial charge in [0, 0.05) is 11.0 Å². The van der Waals surface area contributed by atoms with Gasteiger partial charge in [0.15, 0.2) is 0 Å². The van der Waals surface area contributed by atoms with Crippen molar-refractivity contribution in [2.45, 2.75) is 16.7 Å². The van der Waals surface area contributed by atoms with Crippen LogP contribution in [-0.2, 0) is 0 Å². The minimum absolute atomic E-state index is 0.0631. The second-order valence-corrected chi connectivity index (χ2v) is 5.40. The van der Waals surface area contributed by atoms with Crippen LogP contribution in [0.1, 0.15) is 15.9 Å². The van der Waals surface area contributed by atoms with Crippen molar-refractivity contribution < 1.29 is 19.2 Å². The zero-order chi connectivity index (χ0) is 15.6. The van der Waals surface area contributed by atoms with Gasteiger partial charge in [-0.05, 0) is 25.1 Å². The molecule has 0 aliphatic heterocycles. The summed E-state index contributed by atoms with van der Waals surface area (Å²) < 4.78 is 13.7. The molecule has 2 aromatic rings. The van der Waals surface area contributed by atoms with E-state index in [1.165, 1.54) is 0 Å². The average molecular weight is 307 g/mol. The van der Waals surface area contributed by atoms with Crippen molar-refractivity contribution >= 4 is 23.4 Å². The fraction of sp³-hybridized carbons (Fsp3) is 0.0714. The number of halogens is 1. The van der Waals surface area contributed by atoms with Crippen LogP contribution >= 0.6 is 11.8 Å². The monoisotopic (exact) mass is 307 g/mol. The summed E-state index contributed by atoms with van der Waals surface area (Å²) in [5.41, 5.74) is -0.180. The number of nitro benzene ring substituents is 1. The van der Waals surface area contributed by atoms with Gasteiger partial charge >= 0.3 is 5.97 Å². The van der Waals surface area contributed by atoms with Gasteiger partial charge in [0.1, 0.15) is 11.4 Å². The first-order valence-electron chi connectivity index (χ1n) is 5.84. The average Bonchev–Trinajstić information content (AvgIpc) is 2.37. The Balaban J connectivity index is 2.50. The number of carboxylic acids is 1. The first-order valence-corrected chi connectivity index (χ1v) is 6.66. The van der Waals surface area contributed by atoms with E-state index in [0.29, 0.717) is 4.90 Å². The predicted octanol–water partition coefficient (Wildman–Crippen LogP) is 3.89. The maximum atomic E-state index is 13.7. The number of benzene rings is 2. The number of nitro groups is 1.